The van der Waals surface area contributed by atoms with Crippen molar-refractivity contribution in [2.45, 2.75) is 43.2 Å². The number of likely N-dealkylation sites (tertiary alicyclic amines) is 1. The predicted molar refractivity (Wildman–Crippen MR) is 96.3 cm³/mol. The Bertz CT molecular complexity index is 561. The molecular weight excluding hydrogens is 330 g/mol. The molecule has 0 spiro atoms. The molecule has 0 saturated carbocycles. The molecule has 1 atom stereocenters. The first-order valence-corrected chi connectivity index (χ1v) is 9.73. The first-order valence-electron chi connectivity index (χ1n) is 8.37. The SMILES string of the molecule is CCN1CCC(NC(=O)NC2CCSc3ccc(Cl)cc32)CC1. The zero-order valence-electron chi connectivity index (χ0n) is 13.5. The number of carbonyl (C=O) groups excluding carboxylic acids is 1. The summed E-state index contributed by atoms with van der Waals surface area (Å²) in [4.78, 5) is 16.0. The van der Waals surface area contributed by atoms with Crippen molar-refractivity contribution < 1.29 is 4.79 Å². The van der Waals surface area contributed by atoms with E-state index < -0.39 is 0 Å². The van der Waals surface area contributed by atoms with Crippen LogP contribution in [0.2, 0.25) is 5.02 Å². The summed E-state index contributed by atoms with van der Waals surface area (Å²) in [5.41, 5.74) is 1.14. The second-order valence-corrected chi connectivity index (χ2v) is 7.77. The maximum absolute atomic E-state index is 12.3. The van der Waals surface area contributed by atoms with E-state index in [9.17, 15) is 4.79 Å². The van der Waals surface area contributed by atoms with E-state index in [-0.39, 0.29) is 18.1 Å². The Hall–Kier alpha value is -0.910. The number of halogens is 1. The van der Waals surface area contributed by atoms with Gasteiger partial charge in [-0.2, -0.15) is 0 Å². The first-order chi connectivity index (χ1) is 11.2. The Kier molecular flexibility index (Phi) is 5.72. The van der Waals surface area contributed by atoms with Gasteiger partial charge in [-0.1, -0.05) is 18.5 Å². The number of rotatable bonds is 3. The second kappa shape index (κ2) is 7.77. The van der Waals surface area contributed by atoms with Gasteiger partial charge < -0.3 is 15.5 Å². The van der Waals surface area contributed by atoms with E-state index in [0.29, 0.717) is 0 Å². The summed E-state index contributed by atoms with van der Waals surface area (Å²) in [5, 5.41) is 7.01. The van der Waals surface area contributed by atoms with E-state index in [1.165, 1.54) is 4.90 Å². The van der Waals surface area contributed by atoms with Crippen molar-refractivity contribution in [1.82, 2.24) is 15.5 Å². The van der Waals surface area contributed by atoms with E-state index >= 15 is 0 Å². The minimum Gasteiger partial charge on any atom is -0.335 e. The van der Waals surface area contributed by atoms with Gasteiger partial charge in [-0.05, 0) is 49.6 Å². The minimum atomic E-state index is -0.0530. The number of nitrogens with zero attached hydrogens (tertiary/aromatic N) is 1. The fourth-order valence-corrected chi connectivity index (χ4v) is 4.58. The van der Waals surface area contributed by atoms with E-state index in [1.54, 1.807) is 0 Å². The summed E-state index contributed by atoms with van der Waals surface area (Å²) in [7, 11) is 0. The summed E-state index contributed by atoms with van der Waals surface area (Å²) < 4.78 is 0. The number of nitrogens with one attached hydrogen (secondary N) is 2. The Morgan fingerprint density at radius 2 is 2.09 bits per heavy atom. The maximum atomic E-state index is 12.3. The molecule has 0 aliphatic carbocycles. The van der Waals surface area contributed by atoms with E-state index in [0.717, 1.165) is 55.2 Å². The van der Waals surface area contributed by atoms with Gasteiger partial charge in [-0.25, -0.2) is 4.79 Å². The fraction of sp³-hybridized carbons (Fsp3) is 0.588. The van der Waals surface area contributed by atoms with Crippen molar-refractivity contribution >= 4 is 29.4 Å². The normalized spacial score (nSPS) is 22.4. The average molecular weight is 354 g/mol. The van der Waals surface area contributed by atoms with Crippen LogP contribution in [-0.4, -0.2) is 42.4 Å². The number of benzene rings is 1. The van der Waals surface area contributed by atoms with E-state index in [4.69, 9.17) is 11.6 Å². The predicted octanol–water partition coefficient (Wildman–Crippen LogP) is 3.66. The molecule has 3 rings (SSSR count). The Labute approximate surface area is 147 Å². The summed E-state index contributed by atoms with van der Waals surface area (Å²) in [6, 6.07) is 6.23. The zero-order chi connectivity index (χ0) is 16.2. The van der Waals surface area contributed by atoms with Gasteiger partial charge in [0.05, 0.1) is 6.04 Å². The van der Waals surface area contributed by atoms with Gasteiger partial charge in [-0.15, -0.1) is 11.8 Å². The van der Waals surface area contributed by atoms with Gasteiger partial charge in [0.2, 0.25) is 0 Å². The molecule has 0 radical (unpaired) electrons. The molecule has 1 aromatic rings. The van der Waals surface area contributed by atoms with Crippen LogP contribution < -0.4 is 10.6 Å². The maximum Gasteiger partial charge on any atom is 0.315 e. The molecule has 2 heterocycles. The molecule has 1 fully saturated rings. The van der Waals surface area contributed by atoms with Gasteiger partial charge in [0.15, 0.2) is 0 Å². The number of urea groups is 1. The fourth-order valence-electron chi connectivity index (χ4n) is 3.29. The van der Waals surface area contributed by atoms with E-state index in [1.807, 2.05) is 23.9 Å². The molecule has 0 bridgehead atoms. The summed E-state index contributed by atoms with van der Waals surface area (Å²) in [6.45, 7) is 5.42. The molecule has 2 amide bonds. The number of hydrogen-bond donors (Lipinski definition) is 2. The zero-order valence-corrected chi connectivity index (χ0v) is 15.1. The second-order valence-electron chi connectivity index (χ2n) is 6.20. The van der Waals surface area contributed by atoms with Gasteiger partial charge in [0.1, 0.15) is 0 Å². The third-order valence-corrected chi connectivity index (χ3v) is 6.04. The first kappa shape index (κ1) is 16.9. The van der Waals surface area contributed by atoms with Crippen molar-refractivity contribution in [2.24, 2.45) is 0 Å². The highest BCUT2D eigenvalue weighted by molar-refractivity contribution is 7.99. The van der Waals surface area contributed by atoms with Gasteiger partial charge in [0, 0.05) is 34.8 Å². The van der Waals surface area contributed by atoms with Crippen LogP contribution in [-0.2, 0) is 0 Å². The molecule has 6 heteroatoms. The molecule has 126 valence electrons. The smallest absolute Gasteiger partial charge is 0.315 e. The lowest BCUT2D eigenvalue weighted by molar-refractivity contribution is 0.197. The van der Waals surface area contributed by atoms with Crippen LogP contribution in [0.5, 0.6) is 0 Å². The molecule has 2 aliphatic rings. The molecular formula is C17H24ClN3OS. The summed E-state index contributed by atoms with van der Waals surface area (Å²) >= 11 is 7.95. The third kappa shape index (κ3) is 4.34. The van der Waals surface area contributed by atoms with Gasteiger partial charge in [-0.3, -0.25) is 0 Å². The van der Waals surface area contributed by atoms with Gasteiger partial charge >= 0.3 is 6.03 Å². The molecule has 1 saturated heterocycles. The number of amides is 2. The quantitative estimate of drug-likeness (QED) is 0.871. The topological polar surface area (TPSA) is 44.4 Å². The largest absolute Gasteiger partial charge is 0.335 e. The number of hydrogen-bond acceptors (Lipinski definition) is 3. The van der Waals surface area contributed by atoms with Crippen molar-refractivity contribution in [3.8, 4) is 0 Å². The summed E-state index contributed by atoms with van der Waals surface area (Å²) in [6.07, 6.45) is 3.01. The van der Waals surface area contributed by atoms with Crippen LogP contribution >= 0.6 is 23.4 Å². The highest BCUT2D eigenvalue weighted by atomic mass is 35.5. The number of piperidine rings is 1. The number of carbonyl (C=O) groups is 1. The lowest BCUT2D eigenvalue weighted by Crippen LogP contribution is -2.48. The van der Waals surface area contributed by atoms with Crippen LogP contribution in [0.1, 0.15) is 37.8 Å². The molecule has 2 aliphatic heterocycles. The molecule has 1 aromatic carbocycles. The van der Waals surface area contributed by atoms with Crippen LogP contribution in [0.4, 0.5) is 4.79 Å². The van der Waals surface area contributed by atoms with Crippen LogP contribution in [0.3, 0.4) is 0 Å². The Morgan fingerprint density at radius 1 is 1.30 bits per heavy atom. The monoisotopic (exact) mass is 353 g/mol. The lowest BCUT2D eigenvalue weighted by Gasteiger charge is -2.32. The van der Waals surface area contributed by atoms with Crippen molar-refractivity contribution in [1.29, 1.82) is 0 Å². The Morgan fingerprint density at radius 3 is 2.83 bits per heavy atom. The standard InChI is InChI=1S/C17H24ClN3OS/c1-2-21-8-5-13(6-9-21)19-17(22)20-15-7-10-23-16-4-3-12(18)11-14(15)16/h3-4,11,13,15H,2,5-10H2,1H3,(H2,19,20,22). The Balaban J connectivity index is 1.56. The van der Waals surface area contributed by atoms with Crippen molar-refractivity contribution in [3.05, 3.63) is 28.8 Å². The molecule has 1 unspecified atom stereocenters. The average Bonchev–Trinajstić information content (AvgIpc) is 2.56. The lowest BCUT2D eigenvalue weighted by atomic mass is 10.0. The molecule has 23 heavy (non-hydrogen) atoms. The van der Waals surface area contributed by atoms with Crippen LogP contribution in [0, 0.1) is 0 Å². The highest BCUT2D eigenvalue weighted by Crippen LogP contribution is 2.37. The van der Waals surface area contributed by atoms with Crippen molar-refractivity contribution in [3.63, 3.8) is 0 Å². The number of thioether (sulfide) groups is 1. The molecule has 0 aromatic heterocycles. The van der Waals surface area contributed by atoms with Crippen LogP contribution in [0.25, 0.3) is 0 Å². The minimum absolute atomic E-state index is 0.0530. The molecule has 4 nitrogen and oxygen atoms in total. The molecule has 2 N–H and O–H groups in total. The highest BCUT2D eigenvalue weighted by Gasteiger charge is 2.24. The third-order valence-electron chi connectivity index (χ3n) is 4.69. The summed E-state index contributed by atoms with van der Waals surface area (Å²) in [5.74, 6) is 1.02. The number of fused-ring (bicyclic) bond motifs is 1. The van der Waals surface area contributed by atoms with E-state index in [2.05, 4.69) is 28.5 Å². The van der Waals surface area contributed by atoms with Gasteiger partial charge in [0.25, 0.3) is 0 Å². The van der Waals surface area contributed by atoms with Crippen molar-refractivity contribution in [2.75, 3.05) is 25.4 Å². The van der Waals surface area contributed by atoms with Crippen LogP contribution in [0.15, 0.2) is 23.1 Å².